The summed E-state index contributed by atoms with van der Waals surface area (Å²) >= 11 is 0. The van der Waals surface area contributed by atoms with E-state index >= 15 is 0 Å². The fourth-order valence-corrected chi connectivity index (χ4v) is 8.41. The molecule has 0 bridgehead atoms. The van der Waals surface area contributed by atoms with Crippen molar-refractivity contribution < 1.29 is 0 Å². The van der Waals surface area contributed by atoms with Gasteiger partial charge in [0.05, 0.1) is 17.1 Å². The summed E-state index contributed by atoms with van der Waals surface area (Å²) in [5.41, 5.74) is 15.5. The molecular weight excluding hydrogens is 703 g/mol. The molecule has 0 amide bonds. The Balaban J connectivity index is 1.12. The molecule has 0 radical (unpaired) electrons. The first kappa shape index (κ1) is 35.2. The summed E-state index contributed by atoms with van der Waals surface area (Å²) in [7, 11) is 0. The standard InChI is InChI=1S/C55H41N3/c1-5-15-38(16-6-1)40-25-29-42(30-26-40)51-37-52(58-55(57-51)45-31-27-41(28-32-45)39-17-7-2-8-18-39)49-34-33-48(46-23-13-14-24-47(46)49)50-35-36-56-54(44-21-11-4-12-22-44)53(50)43-19-9-3-10-20-43/h1-2,4-9,11-27,29-37,41H,3,10,28H2. The van der Waals surface area contributed by atoms with Gasteiger partial charge in [0.1, 0.15) is 0 Å². The van der Waals surface area contributed by atoms with Crippen LogP contribution in [0.25, 0.3) is 77.9 Å². The maximum absolute atomic E-state index is 5.35. The van der Waals surface area contributed by atoms with Gasteiger partial charge in [0.2, 0.25) is 0 Å². The Morgan fingerprint density at radius 3 is 1.81 bits per heavy atom. The van der Waals surface area contributed by atoms with Crippen LogP contribution in [0.2, 0.25) is 0 Å². The normalized spacial score (nSPS) is 14.9. The highest BCUT2D eigenvalue weighted by molar-refractivity contribution is 6.07. The summed E-state index contributed by atoms with van der Waals surface area (Å²) in [6.45, 7) is 0. The van der Waals surface area contributed by atoms with Crippen LogP contribution in [0.3, 0.4) is 0 Å². The van der Waals surface area contributed by atoms with Crippen LogP contribution in [0.15, 0.2) is 206 Å². The number of hydrogen-bond acceptors (Lipinski definition) is 3. The Labute approximate surface area is 340 Å². The minimum absolute atomic E-state index is 0.329. The molecule has 0 N–H and O–H groups in total. The van der Waals surface area contributed by atoms with Crippen molar-refractivity contribution in [2.24, 2.45) is 0 Å². The summed E-state index contributed by atoms with van der Waals surface area (Å²) in [5, 5.41) is 2.31. The maximum atomic E-state index is 5.35. The molecule has 0 spiro atoms. The third-order valence-corrected chi connectivity index (χ3v) is 11.4. The maximum Gasteiger partial charge on any atom is 0.160 e. The van der Waals surface area contributed by atoms with Gasteiger partial charge in [-0.1, -0.05) is 188 Å². The fourth-order valence-electron chi connectivity index (χ4n) is 8.41. The lowest BCUT2D eigenvalue weighted by molar-refractivity contribution is 0.854. The lowest BCUT2D eigenvalue weighted by Crippen LogP contribution is -2.03. The van der Waals surface area contributed by atoms with Crippen molar-refractivity contribution in [1.29, 1.82) is 0 Å². The average Bonchev–Trinajstić information content (AvgIpc) is 3.32. The highest BCUT2D eigenvalue weighted by Crippen LogP contribution is 2.43. The highest BCUT2D eigenvalue weighted by Gasteiger charge is 2.21. The van der Waals surface area contributed by atoms with Crippen molar-refractivity contribution in [2.45, 2.75) is 25.2 Å². The van der Waals surface area contributed by atoms with Gasteiger partial charge in [-0.2, -0.15) is 0 Å². The molecular formula is C55H41N3. The van der Waals surface area contributed by atoms with E-state index in [4.69, 9.17) is 15.0 Å². The summed E-state index contributed by atoms with van der Waals surface area (Å²) in [6, 6.07) is 58.1. The first-order valence-electron chi connectivity index (χ1n) is 20.2. The van der Waals surface area contributed by atoms with E-state index < -0.39 is 0 Å². The van der Waals surface area contributed by atoms with Crippen LogP contribution in [-0.2, 0) is 0 Å². The van der Waals surface area contributed by atoms with Gasteiger partial charge >= 0.3 is 0 Å². The Morgan fingerprint density at radius 1 is 0.466 bits per heavy atom. The third kappa shape index (κ3) is 6.93. The molecule has 8 aromatic rings. The predicted molar refractivity (Wildman–Crippen MR) is 242 cm³/mol. The first-order valence-corrected chi connectivity index (χ1v) is 20.2. The number of hydrogen-bond donors (Lipinski definition) is 0. The molecule has 3 heteroatoms. The number of rotatable bonds is 8. The minimum Gasteiger partial charge on any atom is -0.256 e. The van der Waals surface area contributed by atoms with E-state index in [9.17, 15) is 0 Å². The second-order valence-electron chi connectivity index (χ2n) is 15.0. The molecule has 58 heavy (non-hydrogen) atoms. The summed E-state index contributed by atoms with van der Waals surface area (Å²) in [5.74, 6) is 1.06. The lowest BCUT2D eigenvalue weighted by atomic mass is 9.86. The average molecular weight is 744 g/mol. The van der Waals surface area contributed by atoms with Crippen LogP contribution in [0.5, 0.6) is 0 Å². The van der Waals surface area contributed by atoms with Crippen molar-refractivity contribution in [3.05, 3.63) is 223 Å². The van der Waals surface area contributed by atoms with Crippen LogP contribution in [0.1, 0.15) is 42.1 Å². The van der Waals surface area contributed by atoms with Gasteiger partial charge in [0, 0.05) is 39.9 Å². The van der Waals surface area contributed by atoms with Crippen molar-refractivity contribution in [2.75, 3.05) is 0 Å². The van der Waals surface area contributed by atoms with E-state index in [0.29, 0.717) is 5.92 Å². The quantitative estimate of drug-likeness (QED) is 0.156. The number of fused-ring (bicyclic) bond motifs is 1. The van der Waals surface area contributed by atoms with E-state index in [2.05, 4.69) is 200 Å². The Bertz CT molecular complexity index is 2890. The van der Waals surface area contributed by atoms with E-state index in [1.807, 2.05) is 6.20 Å². The molecule has 1 unspecified atom stereocenters. The van der Waals surface area contributed by atoms with Crippen molar-refractivity contribution in [3.63, 3.8) is 0 Å². The molecule has 6 aromatic carbocycles. The summed E-state index contributed by atoms with van der Waals surface area (Å²) in [4.78, 5) is 15.6. The molecule has 2 aliphatic rings. The fraction of sp³-hybridized carbons (Fsp3) is 0.0727. The zero-order valence-corrected chi connectivity index (χ0v) is 32.2. The van der Waals surface area contributed by atoms with Crippen molar-refractivity contribution in [1.82, 2.24) is 15.0 Å². The summed E-state index contributed by atoms with van der Waals surface area (Å²) < 4.78 is 0. The summed E-state index contributed by atoms with van der Waals surface area (Å²) in [6.07, 6.45) is 18.6. The molecule has 276 valence electrons. The molecule has 0 saturated heterocycles. The third-order valence-electron chi connectivity index (χ3n) is 11.4. The number of pyridine rings is 1. The number of nitrogens with zero attached hydrogens (tertiary/aromatic N) is 3. The van der Waals surface area contributed by atoms with E-state index in [1.54, 1.807) is 0 Å². The van der Waals surface area contributed by atoms with Crippen LogP contribution < -0.4 is 0 Å². The van der Waals surface area contributed by atoms with Gasteiger partial charge in [-0.25, -0.2) is 9.97 Å². The molecule has 10 rings (SSSR count). The van der Waals surface area contributed by atoms with E-state index in [0.717, 1.165) is 75.4 Å². The smallest absolute Gasteiger partial charge is 0.160 e. The topological polar surface area (TPSA) is 38.7 Å². The van der Waals surface area contributed by atoms with Gasteiger partial charge in [0.25, 0.3) is 0 Å². The molecule has 2 aromatic heterocycles. The Hall–Kier alpha value is -7.23. The van der Waals surface area contributed by atoms with Crippen molar-refractivity contribution >= 4 is 21.9 Å². The molecule has 0 aliphatic heterocycles. The van der Waals surface area contributed by atoms with Gasteiger partial charge in [-0.3, -0.25) is 4.98 Å². The largest absolute Gasteiger partial charge is 0.256 e. The molecule has 0 fully saturated rings. The zero-order chi connectivity index (χ0) is 38.7. The Kier molecular flexibility index (Phi) is 9.54. The van der Waals surface area contributed by atoms with E-state index in [1.165, 1.54) is 38.8 Å². The van der Waals surface area contributed by atoms with Gasteiger partial charge in [0.15, 0.2) is 5.82 Å². The zero-order valence-electron chi connectivity index (χ0n) is 32.2. The minimum atomic E-state index is 0.329. The predicted octanol–water partition coefficient (Wildman–Crippen LogP) is 14.2. The van der Waals surface area contributed by atoms with Crippen LogP contribution >= 0.6 is 0 Å². The molecule has 1 atom stereocenters. The second kappa shape index (κ2) is 15.7. The van der Waals surface area contributed by atoms with E-state index in [-0.39, 0.29) is 0 Å². The van der Waals surface area contributed by atoms with Gasteiger partial charge < -0.3 is 0 Å². The Morgan fingerprint density at radius 2 is 1.10 bits per heavy atom. The number of aromatic nitrogens is 3. The highest BCUT2D eigenvalue weighted by atomic mass is 14.9. The lowest BCUT2D eigenvalue weighted by Gasteiger charge is -2.20. The van der Waals surface area contributed by atoms with Gasteiger partial charge in [-0.05, 0) is 75.6 Å². The molecule has 2 heterocycles. The number of benzene rings is 6. The molecule has 0 saturated carbocycles. The van der Waals surface area contributed by atoms with Crippen LogP contribution in [-0.4, -0.2) is 15.0 Å². The van der Waals surface area contributed by atoms with Crippen LogP contribution in [0, 0.1) is 0 Å². The van der Waals surface area contributed by atoms with Crippen molar-refractivity contribution in [3.8, 4) is 56.0 Å². The second-order valence-corrected chi connectivity index (χ2v) is 15.0. The first-order chi connectivity index (χ1) is 28.8. The van der Waals surface area contributed by atoms with Crippen LogP contribution in [0.4, 0.5) is 0 Å². The SMILES string of the molecule is C1=CC(c2c(-c3ccc(-c4cc(-c5ccc(-c6ccccc6)cc5)nc(C5=CCC(c6ccccc6)C=C5)n4)c4ccccc34)ccnc2-c2ccccc2)=CCC1. The number of allylic oxidation sites excluding steroid dienone is 8. The molecule has 3 nitrogen and oxygen atoms in total. The monoisotopic (exact) mass is 743 g/mol. The molecule has 2 aliphatic carbocycles. The van der Waals surface area contributed by atoms with Gasteiger partial charge in [-0.15, -0.1) is 0 Å².